The first kappa shape index (κ1) is 21.4. The molecule has 2 heterocycles. The van der Waals surface area contributed by atoms with Crippen LogP contribution < -0.4 is 5.32 Å². The molecule has 4 nitrogen and oxygen atoms in total. The molecular formula is C30H32N2O2. The van der Waals surface area contributed by atoms with Crippen molar-refractivity contribution in [3.05, 3.63) is 101 Å². The highest BCUT2D eigenvalue weighted by atomic mass is 16.3. The highest BCUT2D eigenvalue weighted by Gasteiger charge is 2.47. The summed E-state index contributed by atoms with van der Waals surface area (Å²) in [6.45, 7) is 0.891. The van der Waals surface area contributed by atoms with E-state index in [0.29, 0.717) is 23.8 Å². The number of phenols is 1. The van der Waals surface area contributed by atoms with Gasteiger partial charge in [0.2, 0.25) is 0 Å². The number of nitrogens with zero attached hydrogens (tertiary/aromatic N) is 1. The van der Waals surface area contributed by atoms with Gasteiger partial charge in [-0.05, 0) is 85.4 Å². The van der Waals surface area contributed by atoms with E-state index in [9.17, 15) is 9.90 Å². The van der Waals surface area contributed by atoms with Gasteiger partial charge in [-0.2, -0.15) is 0 Å². The van der Waals surface area contributed by atoms with Crippen LogP contribution in [0, 0.1) is 0 Å². The normalized spacial score (nSPS) is 25.1. The predicted molar refractivity (Wildman–Crippen MR) is 134 cm³/mol. The number of benzene rings is 3. The second kappa shape index (κ2) is 8.59. The third-order valence-electron chi connectivity index (χ3n) is 8.30. The van der Waals surface area contributed by atoms with E-state index in [2.05, 4.69) is 40.5 Å². The molecule has 3 aromatic carbocycles. The Morgan fingerprint density at radius 2 is 1.53 bits per heavy atom. The maximum atomic E-state index is 13.3. The zero-order valence-electron chi connectivity index (χ0n) is 19.5. The molecule has 34 heavy (non-hydrogen) atoms. The molecule has 0 unspecified atom stereocenters. The van der Waals surface area contributed by atoms with Gasteiger partial charge in [0.25, 0.3) is 5.91 Å². The number of rotatable bonds is 5. The molecule has 0 saturated carbocycles. The number of phenolic OH excluding ortho intramolecular Hbond substituents is 1. The van der Waals surface area contributed by atoms with Crippen LogP contribution >= 0.6 is 0 Å². The molecule has 2 atom stereocenters. The lowest BCUT2D eigenvalue weighted by atomic mass is 9.83. The van der Waals surface area contributed by atoms with Crippen molar-refractivity contribution in [2.75, 3.05) is 6.54 Å². The molecule has 2 saturated heterocycles. The molecule has 0 aromatic heterocycles. The average molecular weight is 453 g/mol. The molecule has 1 aliphatic carbocycles. The summed E-state index contributed by atoms with van der Waals surface area (Å²) in [5, 5.41) is 13.5. The number of fused-ring (bicyclic) bond motifs is 3. The van der Waals surface area contributed by atoms with E-state index in [1.807, 2.05) is 42.5 Å². The Morgan fingerprint density at radius 1 is 0.882 bits per heavy atom. The van der Waals surface area contributed by atoms with Crippen molar-refractivity contribution in [3.63, 3.8) is 0 Å². The summed E-state index contributed by atoms with van der Waals surface area (Å²) in [6.07, 6.45) is 6.44. The molecule has 1 amide bonds. The quantitative estimate of drug-likeness (QED) is 0.568. The van der Waals surface area contributed by atoms with Crippen LogP contribution in [0.15, 0.2) is 78.9 Å². The molecule has 3 aromatic rings. The van der Waals surface area contributed by atoms with Crippen LogP contribution in [-0.4, -0.2) is 40.1 Å². The first-order valence-corrected chi connectivity index (χ1v) is 12.6. The summed E-state index contributed by atoms with van der Waals surface area (Å²) < 4.78 is 0. The molecule has 2 fully saturated rings. The Morgan fingerprint density at radius 3 is 2.18 bits per heavy atom. The first-order chi connectivity index (χ1) is 16.6. The number of piperidine rings is 1. The Balaban J connectivity index is 1.25. The van der Waals surface area contributed by atoms with Crippen LogP contribution in [-0.2, 0) is 12.8 Å². The lowest BCUT2D eigenvalue weighted by Gasteiger charge is -2.44. The van der Waals surface area contributed by atoms with Crippen molar-refractivity contribution in [1.82, 2.24) is 10.2 Å². The van der Waals surface area contributed by atoms with E-state index in [-0.39, 0.29) is 11.4 Å². The van der Waals surface area contributed by atoms with Gasteiger partial charge in [-0.25, -0.2) is 0 Å². The minimum atomic E-state index is -0.282. The SMILES string of the molecule is O=C(NC1(CN2[C@@H]3CC[C@@H]2CC(c2cccc(O)c2)C3)Cc2ccccc2C1)c1ccccc1. The first-order valence-electron chi connectivity index (χ1n) is 12.6. The van der Waals surface area contributed by atoms with Gasteiger partial charge in [0.05, 0.1) is 5.54 Å². The molecule has 2 N–H and O–H groups in total. The Hall–Kier alpha value is -3.11. The number of amides is 1. The number of hydrogen-bond acceptors (Lipinski definition) is 3. The van der Waals surface area contributed by atoms with Gasteiger partial charge in [-0.15, -0.1) is 0 Å². The van der Waals surface area contributed by atoms with Gasteiger partial charge in [-0.1, -0.05) is 54.6 Å². The standard InChI is InChI=1S/C30H32N2O2/c33-28-12-6-11-22(17-28)25-15-26-13-14-27(16-25)32(26)20-30(18-23-9-4-5-10-24(23)19-30)31-29(34)21-7-2-1-3-8-21/h1-12,17,25-27,33H,13-16,18-20H2,(H,31,34)/t26-,27-/m1/s1. The van der Waals surface area contributed by atoms with Gasteiger partial charge in [0.15, 0.2) is 0 Å². The predicted octanol–water partition coefficient (Wildman–Crippen LogP) is 5.07. The Kier molecular flexibility index (Phi) is 5.41. The second-order valence-corrected chi connectivity index (χ2v) is 10.5. The third-order valence-corrected chi connectivity index (χ3v) is 8.30. The van der Waals surface area contributed by atoms with Gasteiger partial charge in [-0.3, -0.25) is 9.69 Å². The molecule has 3 aliphatic rings. The minimum Gasteiger partial charge on any atom is -0.508 e. The summed E-state index contributed by atoms with van der Waals surface area (Å²) in [5.41, 5.74) is 4.42. The van der Waals surface area contributed by atoms with Gasteiger partial charge >= 0.3 is 0 Å². The number of nitrogens with one attached hydrogen (secondary N) is 1. The van der Waals surface area contributed by atoms with Crippen LogP contribution in [0.5, 0.6) is 5.75 Å². The topological polar surface area (TPSA) is 52.6 Å². The monoisotopic (exact) mass is 452 g/mol. The second-order valence-electron chi connectivity index (χ2n) is 10.5. The highest BCUT2D eigenvalue weighted by molar-refractivity contribution is 5.94. The fourth-order valence-corrected chi connectivity index (χ4v) is 6.77. The van der Waals surface area contributed by atoms with Crippen molar-refractivity contribution >= 4 is 5.91 Å². The molecule has 4 heteroatoms. The maximum Gasteiger partial charge on any atom is 0.251 e. The van der Waals surface area contributed by atoms with Crippen molar-refractivity contribution in [3.8, 4) is 5.75 Å². The molecule has 174 valence electrons. The fourth-order valence-electron chi connectivity index (χ4n) is 6.77. The van der Waals surface area contributed by atoms with Crippen LogP contribution in [0.1, 0.15) is 58.6 Å². The number of hydrogen-bond donors (Lipinski definition) is 2. The zero-order chi connectivity index (χ0) is 23.1. The minimum absolute atomic E-state index is 0.0235. The van der Waals surface area contributed by atoms with E-state index < -0.39 is 0 Å². The zero-order valence-corrected chi connectivity index (χ0v) is 19.5. The number of carbonyl (C=O) groups is 1. The van der Waals surface area contributed by atoms with E-state index in [1.165, 1.54) is 29.5 Å². The van der Waals surface area contributed by atoms with Crippen molar-refractivity contribution in [2.24, 2.45) is 0 Å². The van der Waals surface area contributed by atoms with Crippen molar-refractivity contribution in [2.45, 2.75) is 62.1 Å². The fraction of sp³-hybridized carbons (Fsp3) is 0.367. The summed E-state index contributed by atoms with van der Waals surface area (Å²) >= 11 is 0. The molecule has 0 spiro atoms. The van der Waals surface area contributed by atoms with E-state index >= 15 is 0 Å². The van der Waals surface area contributed by atoms with Crippen LogP contribution in [0.25, 0.3) is 0 Å². The maximum absolute atomic E-state index is 13.3. The lowest BCUT2D eigenvalue weighted by molar-refractivity contribution is 0.0712. The van der Waals surface area contributed by atoms with Crippen LogP contribution in [0.4, 0.5) is 0 Å². The summed E-state index contributed by atoms with van der Waals surface area (Å²) in [5.74, 6) is 0.880. The molecule has 2 bridgehead atoms. The Bertz CT molecular complexity index is 1150. The molecule has 0 radical (unpaired) electrons. The third kappa shape index (κ3) is 4.01. The average Bonchev–Trinajstić information content (AvgIpc) is 3.30. The molecule has 6 rings (SSSR count). The van der Waals surface area contributed by atoms with E-state index in [0.717, 1.165) is 37.8 Å². The van der Waals surface area contributed by atoms with E-state index in [1.54, 1.807) is 6.07 Å². The van der Waals surface area contributed by atoms with Crippen molar-refractivity contribution < 1.29 is 9.90 Å². The van der Waals surface area contributed by atoms with Crippen molar-refractivity contribution in [1.29, 1.82) is 0 Å². The largest absolute Gasteiger partial charge is 0.508 e. The smallest absolute Gasteiger partial charge is 0.251 e. The Labute approximate surface area is 201 Å². The summed E-state index contributed by atoms with van der Waals surface area (Å²) in [4.78, 5) is 16.0. The van der Waals surface area contributed by atoms with E-state index in [4.69, 9.17) is 0 Å². The summed E-state index contributed by atoms with van der Waals surface area (Å²) in [7, 11) is 0. The molecular weight excluding hydrogens is 420 g/mol. The van der Waals surface area contributed by atoms with Crippen LogP contribution in [0.3, 0.4) is 0 Å². The molecule has 2 aliphatic heterocycles. The van der Waals surface area contributed by atoms with Crippen LogP contribution in [0.2, 0.25) is 0 Å². The van der Waals surface area contributed by atoms with Gasteiger partial charge < -0.3 is 10.4 Å². The number of aromatic hydroxyl groups is 1. The summed E-state index contributed by atoms with van der Waals surface area (Å²) in [6, 6.07) is 27.1. The lowest BCUT2D eigenvalue weighted by Crippen LogP contribution is -2.59. The van der Waals surface area contributed by atoms with Gasteiger partial charge in [0.1, 0.15) is 5.75 Å². The highest BCUT2D eigenvalue weighted by Crippen LogP contribution is 2.45. The van der Waals surface area contributed by atoms with Gasteiger partial charge in [0, 0.05) is 24.2 Å². The number of carbonyl (C=O) groups excluding carboxylic acids is 1.